The Hall–Kier alpha value is -2.13. The van der Waals surface area contributed by atoms with Crippen LogP contribution in [-0.4, -0.2) is 36.9 Å². The lowest BCUT2D eigenvalue weighted by Gasteiger charge is -2.26. The maximum Gasteiger partial charge on any atom is 0.170 e. The van der Waals surface area contributed by atoms with E-state index in [0.29, 0.717) is 6.61 Å². The second-order valence-corrected chi connectivity index (χ2v) is 7.01. The summed E-state index contributed by atoms with van der Waals surface area (Å²) < 4.78 is 5.86. The topological polar surface area (TPSA) is 29.5 Å². The number of carbonyl (C=O) groups excluding carboxylic acids is 1. The van der Waals surface area contributed by atoms with E-state index in [1.54, 1.807) is 0 Å². The van der Waals surface area contributed by atoms with Crippen molar-refractivity contribution in [2.24, 2.45) is 0 Å². The van der Waals surface area contributed by atoms with Crippen molar-refractivity contribution in [2.75, 3.05) is 26.2 Å². The number of ketones is 1. The highest BCUT2D eigenvalue weighted by molar-refractivity contribution is 6.01. The van der Waals surface area contributed by atoms with Crippen molar-refractivity contribution in [3.63, 3.8) is 0 Å². The molecule has 2 aromatic carbocycles. The molecule has 0 spiro atoms. The van der Waals surface area contributed by atoms with Gasteiger partial charge in [0.05, 0.1) is 0 Å². The molecular formula is C23H29NO2. The summed E-state index contributed by atoms with van der Waals surface area (Å²) in [7, 11) is 0. The summed E-state index contributed by atoms with van der Waals surface area (Å²) in [6, 6.07) is 17.6. The van der Waals surface area contributed by atoms with Crippen LogP contribution in [-0.2, 0) is 0 Å². The van der Waals surface area contributed by atoms with Crippen LogP contribution >= 0.6 is 0 Å². The van der Waals surface area contributed by atoms with Gasteiger partial charge in [-0.15, -0.1) is 0 Å². The number of benzene rings is 2. The van der Waals surface area contributed by atoms with Gasteiger partial charge in [0, 0.05) is 18.0 Å². The molecule has 26 heavy (non-hydrogen) atoms. The van der Waals surface area contributed by atoms with Crippen LogP contribution in [0.4, 0.5) is 0 Å². The Kier molecular flexibility index (Phi) is 6.84. The molecule has 3 heteroatoms. The van der Waals surface area contributed by atoms with Crippen molar-refractivity contribution >= 4 is 5.78 Å². The van der Waals surface area contributed by atoms with Crippen LogP contribution in [0.25, 0.3) is 0 Å². The third-order valence-electron chi connectivity index (χ3n) is 5.19. The van der Waals surface area contributed by atoms with Crippen LogP contribution in [0.1, 0.15) is 54.4 Å². The first-order valence-corrected chi connectivity index (χ1v) is 9.82. The molecule has 0 aliphatic carbocycles. The summed E-state index contributed by atoms with van der Waals surface area (Å²) in [5, 5.41) is 0. The van der Waals surface area contributed by atoms with Crippen molar-refractivity contribution in [3.05, 3.63) is 65.7 Å². The van der Waals surface area contributed by atoms with Gasteiger partial charge in [0.1, 0.15) is 12.4 Å². The average molecular weight is 351 g/mol. The van der Waals surface area contributed by atoms with Gasteiger partial charge in [-0.05, 0) is 62.2 Å². The molecule has 1 atom stereocenters. The van der Waals surface area contributed by atoms with E-state index in [1.807, 2.05) is 54.6 Å². The molecule has 1 aliphatic heterocycles. The van der Waals surface area contributed by atoms with Crippen LogP contribution in [0.2, 0.25) is 0 Å². The SMILES string of the molecule is CCC(C(=O)c1ccc(OCCN2CCCCC2)cc1)c1ccccc1. The normalized spacial score (nSPS) is 16.2. The van der Waals surface area contributed by atoms with Gasteiger partial charge in [0.2, 0.25) is 0 Å². The summed E-state index contributed by atoms with van der Waals surface area (Å²) >= 11 is 0. The summed E-state index contributed by atoms with van der Waals surface area (Å²) in [5.41, 5.74) is 1.84. The molecule has 138 valence electrons. The Labute approximate surface area is 157 Å². The van der Waals surface area contributed by atoms with E-state index in [9.17, 15) is 4.79 Å². The summed E-state index contributed by atoms with van der Waals surface area (Å²) in [6.07, 6.45) is 4.76. The summed E-state index contributed by atoms with van der Waals surface area (Å²) in [5.74, 6) is 0.937. The summed E-state index contributed by atoms with van der Waals surface area (Å²) in [6.45, 7) is 6.12. The quantitative estimate of drug-likeness (QED) is 0.632. The number of rotatable bonds is 8. The number of ether oxygens (including phenoxy) is 1. The third kappa shape index (κ3) is 4.95. The zero-order chi connectivity index (χ0) is 18.2. The van der Waals surface area contributed by atoms with Crippen molar-refractivity contribution in [3.8, 4) is 5.75 Å². The number of Topliss-reactive ketones (excluding diaryl/α,β-unsaturated/α-hetero) is 1. The second kappa shape index (κ2) is 9.54. The van der Waals surface area contributed by atoms with Gasteiger partial charge in [-0.2, -0.15) is 0 Å². The highest BCUT2D eigenvalue weighted by atomic mass is 16.5. The minimum absolute atomic E-state index is 0.0814. The third-order valence-corrected chi connectivity index (χ3v) is 5.19. The highest BCUT2D eigenvalue weighted by Gasteiger charge is 2.20. The van der Waals surface area contributed by atoms with Gasteiger partial charge in [0.25, 0.3) is 0 Å². The molecule has 1 fully saturated rings. The Morgan fingerprint density at radius 3 is 2.35 bits per heavy atom. The van der Waals surface area contributed by atoms with Gasteiger partial charge >= 0.3 is 0 Å². The van der Waals surface area contributed by atoms with Crippen molar-refractivity contribution < 1.29 is 9.53 Å². The Morgan fingerprint density at radius 2 is 1.69 bits per heavy atom. The molecule has 1 heterocycles. The minimum atomic E-state index is -0.0814. The fraction of sp³-hybridized carbons (Fsp3) is 0.435. The fourth-order valence-electron chi connectivity index (χ4n) is 3.65. The molecule has 0 amide bonds. The number of hydrogen-bond acceptors (Lipinski definition) is 3. The molecule has 0 bridgehead atoms. The van der Waals surface area contributed by atoms with Crippen LogP contribution in [0.5, 0.6) is 5.75 Å². The molecule has 0 saturated carbocycles. The van der Waals surface area contributed by atoms with Crippen molar-refractivity contribution in [1.82, 2.24) is 4.90 Å². The van der Waals surface area contributed by atoms with E-state index in [1.165, 1.54) is 32.4 Å². The second-order valence-electron chi connectivity index (χ2n) is 7.01. The minimum Gasteiger partial charge on any atom is -0.492 e. The van der Waals surface area contributed by atoms with Crippen molar-refractivity contribution in [1.29, 1.82) is 0 Å². The Morgan fingerprint density at radius 1 is 1.00 bits per heavy atom. The first-order valence-electron chi connectivity index (χ1n) is 9.82. The van der Waals surface area contributed by atoms with Crippen LogP contribution in [0.3, 0.4) is 0 Å². The van der Waals surface area contributed by atoms with Crippen LogP contribution in [0.15, 0.2) is 54.6 Å². The first kappa shape index (κ1) is 18.7. The van der Waals surface area contributed by atoms with Crippen LogP contribution < -0.4 is 4.74 Å². The number of likely N-dealkylation sites (tertiary alicyclic amines) is 1. The smallest absolute Gasteiger partial charge is 0.170 e. The zero-order valence-corrected chi connectivity index (χ0v) is 15.7. The van der Waals surface area contributed by atoms with Gasteiger partial charge in [0.15, 0.2) is 5.78 Å². The molecule has 0 N–H and O–H groups in total. The lowest BCUT2D eigenvalue weighted by molar-refractivity contribution is 0.0957. The van der Waals surface area contributed by atoms with E-state index < -0.39 is 0 Å². The van der Waals surface area contributed by atoms with E-state index in [-0.39, 0.29) is 11.7 Å². The maximum atomic E-state index is 12.9. The fourth-order valence-corrected chi connectivity index (χ4v) is 3.65. The van der Waals surface area contributed by atoms with Gasteiger partial charge in [-0.25, -0.2) is 0 Å². The predicted molar refractivity (Wildman–Crippen MR) is 106 cm³/mol. The highest BCUT2D eigenvalue weighted by Crippen LogP contribution is 2.25. The molecular weight excluding hydrogens is 322 g/mol. The molecule has 1 unspecified atom stereocenters. The van der Waals surface area contributed by atoms with E-state index in [0.717, 1.165) is 29.8 Å². The molecule has 3 nitrogen and oxygen atoms in total. The lowest BCUT2D eigenvalue weighted by Crippen LogP contribution is -2.33. The van der Waals surface area contributed by atoms with Gasteiger partial charge in [-0.3, -0.25) is 9.69 Å². The first-order chi connectivity index (χ1) is 12.8. The molecule has 0 radical (unpaired) electrons. The molecule has 2 aromatic rings. The monoisotopic (exact) mass is 351 g/mol. The average Bonchev–Trinajstić information content (AvgIpc) is 2.71. The molecule has 3 rings (SSSR count). The van der Waals surface area contributed by atoms with E-state index in [2.05, 4.69) is 11.8 Å². The Balaban J connectivity index is 1.55. The number of nitrogens with zero attached hydrogens (tertiary/aromatic N) is 1. The number of piperidine rings is 1. The summed E-state index contributed by atoms with van der Waals surface area (Å²) in [4.78, 5) is 15.3. The molecule has 1 saturated heterocycles. The lowest BCUT2D eigenvalue weighted by atomic mass is 9.89. The maximum absolute atomic E-state index is 12.9. The molecule has 0 aromatic heterocycles. The van der Waals surface area contributed by atoms with Gasteiger partial charge < -0.3 is 4.74 Å². The molecule has 1 aliphatic rings. The standard InChI is InChI=1S/C23H29NO2/c1-2-22(19-9-5-3-6-10-19)23(25)20-11-13-21(14-12-20)26-18-17-24-15-7-4-8-16-24/h3,5-6,9-14,22H,2,4,7-8,15-18H2,1H3. The zero-order valence-electron chi connectivity index (χ0n) is 15.7. The van der Waals surface area contributed by atoms with Gasteiger partial charge in [-0.1, -0.05) is 43.7 Å². The largest absolute Gasteiger partial charge is 0.492 e. The van der Waals surface area contributed by atoms with Crippen LogP contribution in [0, 0.1) is 0 Å². The van der Waals surface area contributed by atoms with E-state index in [4.69, 9.17) is 4.74 Å². The van der Waals surface area contributed by atoms with E-state index >= 15 is 0 Å². The van der Waals surface area contributed by atoms with Crippen molar-refractivity contribution in [2.45, 2.75) is 38.5 Å². The predicted octanol–water partition coefficient (Wildman–Crippen LogP) is 4.93. The Bertz CT molecular complexity index is 675. The number of carbonyl (C=O) groups is 1. The number of hydrogen-bond donors (Lipinski definition) is 0.